The van der Waals surface area contributed by atoms with Gasteiger partial charge < -0.3 is 9.47 Å². The summed E-state index contributed by atoms with van der Waals surface area (Å²) in [5.41, 5.74) is 0. The summed E-state index contributed by atoms with van der Waals surface area (Å²) in [5.74, 6) is 3.06. The van der Waals surface area contributed by atoms with Crippen LogP contribution in [0.3, 0.4) is 0 Å². The Morgan fingerprint density at radius 1 is 0.842 bits per heavy atom. The molecule has 2 heteroatoms. The second-order valence-corrected chi connectivity index (χ2v) is 6.77. The normalized spacial score (nSPS) is 54.1. The van der Waals surface area contributed by atoms with Gasteiger partial charge in [0.15, 0.2) is 0 Å². The lowest BCUT2D eigenvalue weighted by atomic mass is 9.73. The van der Waals surface area contributed by atoms with Gasteiger partial charge in [0, 0.05) is 0 Å². The first-order valence-corrected chi connectivity index (χ1v) is 7.86. The second kappa shape index (κ2) is 4.46. The van der Waals surface area contributed by atoms with Crippen LogP contribution in [0.1, 0.15) is 32.1 Å². The van der Waals surface area contributed by atoms with Gasteiger partial charge in [0.2, 0.25) is 0 Å². The van der Waals surface area contributed by atoms with Crippen molar-refractivity contribution in [3.63, 3.8) is 0 Å². The lowest BCUT2D eigenvalue weighted by molar-refractivity contribution is -0.0385. The van der Waals surface area contributed by atoms with E-state index in [4.69, 9.17) is 9.47 Å². The Morgan fingerprint density at radius 3 is 1.74 bits per heavy atom. The van der Waals surface area contributed by atoms with Crippen molar-refractivity contribution in [2.45, 2.75) is 56.5 Å². The Bertz CT molecular complexity index is 355. The standard InChI is InChI=1S/C17H24O2/c1-3-5-12-10-9-11-13(6-4-2)19-15-8-7-14(18-12)16(10)17(11)15/h3-4,10-17H,1-2,5-9H2/t10-,11+,12-,13+,14-,15+,16-,17+. The van der Waals surface area contributed by atoms with Crippen molar-refractivity contribution in [3.8, 4) is 0 Å². The topological polar surface area (TPSA) is 18.5 Å². The van der Waals surface area contributed by atoms with Crippen LogP contribution in [0.4, 0.5) is 0 Å². The van der Waals surface area contributed by atoms with E-state index in [1.165, 1.54) is 19.3 Å². The quantitative estimate of drug-likeness (QED) is 0.722. The molecule has 19 heavy (non-hydrogen) atoms. The molecule has 0 radical (unpaired) electrons. The zero-order valence-electron chi connectivity index (χ0n) is 11.5. The highest BCUT2D eigenvalue weighted by atomic mass is 16.5. The molecule has 0 unspecified atom stereocenters. The van der Waals surface area contributed by atoms with E-state index in [9.17, 15) is 0 Å². The highest BCUT2D eigenvalue weighted by molar-refractivity contribution is 5.12. The Balaban J connectivity index is 1.62. The van der Waals surface area contributed by atoms with Crippen LogP contribution in [0.15, 0.2) is 25.3 Å². The number of hydrogen-bond acceptors (Lipinski definition) is 2. The zero-order valence-corrected chi connectivity index (χ0v) is 11.5. The van der Waals surface area contributed by atoms with Crippen molar-refractivity contribution in [2.24, 2.45) is 23.7 Å². The highest BCUT2D eigenvalue weighted by Gasteiger charge is 2.63. The molecule has 0 N–H and O–H groups in total. The molecule has 2 saturated heterocycles. The van der Waals surface area contributed by atoms with Crippen LogP contribution in [-0.4, -0.2) is 24.4 Å². The Kier molecular flexibility index (Phi) is 2.85. The average Bonchev–Trinajstić information content (AvgIpc) is 3.03. The smallest absolute Gasteiger partial charge is 0.0645 e. The molecular formula is C17H24O2. The van der Waals surface area contributed by atoms with E-state index in [1.807, 2.05) is 12.2 Å². The maximum absolute atomic E-state index is 6.31. The molecule has 2 heterocycles. The molecule has 0 amide bonds. The van der Waals surface area contributed by atoms with Crippen molar-refractivity contribution in [1.29, 1.82) is 0 Å². The number of rotatable bonds is 4. The summed E-state index contributed by atoms with van der Waals surface area (Å²) in [6.07, 6.45) is 11.7. The lowest BCUT2D eigenvalue weighted by Crippen LogP contribution is -2.36. The van der Waals surface area contributed by atoms with Crippen molar-refractivity contribution in [3.05, 3.63) is 25.3 Å². The molecule has 0 bridgehead atoms. The second-order valence-electron chi connectivity index (χ2n) is 6.77. The van der Waals surface area contributed by atoms with Crippen molar-refractivity contribution >= 4 is 0 Å². The third-order valence-electron chi connectivity index (χ3n) is 6.02. The van der Waals surface area contributed by atoms with Crippen LogP contribution >= 0.6 is 0 Å². The highest BCUT2D eigenvalue weighted by Crippen LogP contribution is 2.61. The minimum Gasteiger partial charge on any atom is -0.374 e. The third-order valence-corrected chi connectivity index (χ3v) is 6.02. The first-order chi connectivity index (χ1) is 9.33. The molecule has 2 aliphatic heterocycles. The largest absolute Gasteiger partial charge is 0.374 e. The molecule has 104 valence electrons. The molecular weight excluding hydrogens is 236 g/mol. The van der Waals surface area contributed by atoms with Crippen molar-refractivity contribution < 1.29 is 9.47 Å². The molecule has 2 nitrogen and oxygen atoms in total. The molecule has 0 aromatic heterocycles. The van der Waals surface area contributed by atoms with Crippen LogP contribution in [0.2, 0.25) is 0 Å². The maximum atomic E-state index is 6.31. The van der Waals surface area contributed by atoms with Crippen LogP contribution < -0.4 is 0 Å². The maximum Gasteiger partial charge on any atom is 0.0645 e. The van der Waals surface area contributed by atoms with E-state index >= 15 is 0 Å². The fraction of sp³-hybridized carbons (Fsp3) is 0.765. The van der Waals surface area contributed by atoms with Gasteiger partial charge >= 0.3 is 0 Å². The SMILES string of the molecule is C=CC[C@@H]1O[C@H]2CC[C@H]3O[C@H](CC=C)[C@H]4C[C@@H]1[C@@H]2[C@H]43. The van der Waals surface area contributed by atoms with Crippen LogP contribution in [-0.2, 0) is 9.47 Å². The molecule has 4 fully saturated rings. The summed E-state index contributed by atoms with van der Waals surface area (Å²) >= 11 is 0. The average molecular weight is 260 g/mol. The number of ether oxygens (including phenoxy) is 2. The minimum atomic E-state index is 0.432. The van der Waals surface area contributed by atoms with Gasteiger partial charge in [-0.05, 0) is 55.8 Å². The molecule has 0 spiro atoms. The van der Waals surface area contributed by atoms with E-state index in [-0.39, 0.29) is 0 Å². The Hall–Kier alpha value is -0.600. The lowest BCUT2D eigenvalue weighted by Gasteiger charge is -2.33. The van der Waals surface area contributed by atoms with Gasteiger partial charge in [0.05, 0.1) is 24.4 Å². The zero-order chi connectivity index (χ0) is 13.0. The van der Waals surface area contributed by atoms with Gasteiger partial charge in [-0.1, -0.05) is 12.2 Å². The monoisotopic (exact) mass is 260 g/mol. The fourth-order valence-corrected chi connectivity index (χ4v) is 5.52. The molecule has 2 aliphatic carbocycles. The predicted octanol–water partition coefficient (Wildman–Crippen LogP) is 3.34. The first-order valence-electron chi connectivity index (χ1n) is 7.86. The van der Waals surface area contributed by atoms with Gasteiger partial charge in [0.1, 0.15) is 0 Å². The van der Waals surface area contributed by atoms with Crippen LogP contribution in [0.25, 0.3) is 0 Å². The predicted molar refractivity (Wildman–Crippen MR) is 74.8 cm³/mol. The van der Waals surface area contributed by atoms with E-state index in [1.54, 1.807) is 0 Å². The van der Waals surface area contributed by atoms with Crippen LogP contribution in [0, 0.1) is 23.7 Å². The molecule has 4 rings (SSSR count). The summed E-state index contributed by atoms with van der Waals surface area (Å²) in [6, 6.07) is 0. The first kappa shape index (κ1) is 12.2. The number of hydrogen-bond donors (Lipinski definition) is 0. The summed E-state index contributed by atoms with van der Waals surface area (Å²) in [7, 11) is 0. The summed E-state index contributed by atoms with van der Waals surface area (Å²) in [4.78, 5) is 0. The fourth-order valence-electron chi connectivity index (χ4n) is 5.52. The molecule has 0 aromatic rings. The van der Waals surface area contributed by atoms with E-state index < -0.39 is 0 Å². The minimum absolute atomic E-state index is 0.432. The van der Waals surface area contributed by atoms with Crippen LogP contribution in [0.5, 0.6) is 0 Å². The summed E-state index contributed by atoms with van der Waals surface area (Å²) in [6.45, 7) is 7.80. The summed E-state index contributed by atoms with van der Waals surface area (Å²) in [5, 5.41) is 0. The van der Waals surface area contributed by atoms with E-state index in [0.717, 1.165) is 36.5 Å². The van der Waals surface area contributed by atoms with Crippen molar-refractivity contribution in [1.82, 2.24) is 0 Å². The Morgan fingerprint density at radius 2 is 1.32 bits per heavy atom. The van der Waals surface area contributed by atoms with Gasteiger partial charge in [-0.2, -0.15) is 0 Å². The molecule has 8 atom stereocenters. The molecule has 2 saturated carbocycles. The molecule has 4 aliphatic rings. The molecule has 0 aromatic carbocycles. The van der Waals surface area contributed by atoms with E-state index in [0.29, 0.717) is 24.4 Å². The van der Waals surface area contributed by atoms with Gasteiger partial charge in [-0.15, -0.1) is 13.2 Å². The van der Waals surface area contributed by atoms with Gasteiger partial charge in [-0.25, -0.2) is 0 Å². The van der Waals surface area contributed by atoms with Crippen molar-refractivity contribution in [2.75, 3.05) is 0 Å². The van der Waals surface area contributed by atoms with E-state index in [2.05, 4.69) is 13.2 Å². The van der Waals surface area contributed by atoms with Gasteiger partial charge in [-0.3, -0.25) is 0 Å². The third kappa shape index (κ3) is 1.62. The van der Waals surface area contributed by atoms with Gasteiger partial charge in [0.25, 0.3) is 0 Å². The summed E-state index contributed by atoms with van der Waals surface area (Å²) < 4.78 is 12.6. The Labute approximate surface area is 115 Å².